The smallest absolute Gasteiger partial charge is 0.305 e. The van der Waals surface area contributed by atoms with E-state index in [9.17, 15) is 9.59 Å². The van der Waals surface area contributed by atoms with E-state index in [0.717, 1.165) is 0 Å². The number of carbonyl (C=O) groups is 2. The molecule has 0 bridgehead atoms. The van der Waals surface area contributed by atoms with Crippen molar-refractivity contribution in [3.63, 3.8) is 0 Å². The number of aromatic nitrogens is 1. The SMILES string of the molecule is O=C(O)C[C@H]1Sc2ncccc2NC1=O. The molecule has 6 heteroatoms. The molecule has 78 valence electrons. The van der Waals surface area contributed by atoms with Crippen LogP contribution in [-0.2, 0) is 9.59 Å². The third-order valence-electron chi connectivity index (χ3n) is 1.94. The maximum atomic E-state index is 11.5. The van der Waals surface area contributed by atoms with Gasteiger partial charge in [-0.15, -0.1) is 0 Å². The molecular formula is C9H8N2O3S. The lowest BCUT2D eigenvalue weighted by Crippen LogP contribution is -2.31. The second kappa shape index (κ2) is 3.90. The van der Waals surface area contributed by atoms with Crippen molar-refractivity contribution in [3.8, 4) is 0 Å². The van der Waals surface area contributed by atoms with Crippen molar-refractivity contribution in [2.75, 3.05) is 5.32 Å². The summed E-state index contributed by atoms with van der Waals surface area (Å²) >= 11 is 1.19. The van der Waals surface area contributed by atoms with Crippen molar-refractivity contribution in [1.29, 1.82) is 0 Å². The average molecular weight is 224 g/mol. The van der Waals surface area contributed by atoms with Crippen molar-refractivity contribution in [2.24, 2.45) is 0 Å². The Morgan fingerprint density at radius 3 is 3.20 bits per heavy atom. The van der Waals surface area contributed by atoms with Gasteiger partial charge in [-0.2, -0.15) is 0 Å². The van der Waals surface area contributed by atoms with E-state index in [1.165, 1.54) is 11.8 Å². The largest absolute Gasteiger partial charge is 0.481 e. The molecule has 0 aromatic carbocycles. The molecule has 2 N–H and O–H groups in total. The maximum Gasteiger partial charge on any atom is 0.305 e. The Kier molecular flexibility index (Phi) is 2.59. The highest BCUT2D eigenvalue weighted by atomic mass is 32.2. The number of hydrogen-bond acceptors (Lipinski definition) is 4. The molecule has 1 atom stereocenters. The van der Waals surface area contributed by atoms with Gasteiger partial charge in [0.1, 0.15) is 10.3 Å². The number of amides is 1. The van der Waals surface area contributed by atoms with Crippen LogP contribution >= 0.6 is 11.8 Å². The Labute approximate surface area is 89.9 Å². The highest BCUT2D eigenvalue weighted by Gasteiger charge is 2.29. The zero-order valence-corrected chi connectivity index (χ0v) is 8.45. The number of thioether (sulfide) groups is 1. The number of nitrogens with zero attached hydrogens (tertiary/aromatic N) is 1. The zero-order valence-electron chi connectivity index (χ0n) is 7.64. The molecule has 0 saturated carbocycles. The molecule has 1 aliphatic rings. The molecule has 0 aliphatic carbocycles. The number of anilines is 1. The fraction of sp³-hybridized carbons (Fsp3) is 0.222. The number of aliphatic carboxylic acids is 1. The molecule has 2 rings (SSSR count). The first-order valence-corrected chi connectivity index (χ1v) is 5.19. The lowest BCUT2D eigenvalue weighted by molar-refractivity contribution is -0.138. The quantitative estimate of drug-likeness (QED) is 0.782. The number of nitrogens with one attached hydrogen (secondary N) is 1. The summed E-state index contributed by atoms with van der Waals surface area (Å²) < 4.78 is 0. The third kappa shape index (κ3) is 2.10. The fourth-order valence-corrected chi connectivity index (χ4v) is 2.30. The third-order valence-corrected chi connectivity index (χ3v) is 3.15. The molecule has 1 aromatic rings. The molecule has 0 saturated heterocycles. The molecule has 1 aliphatic heterocycles. The van der Waals surface area contributed by atoms with Crippen LogP contribution in [0.25, 0.3) is 0 Å². The molecular weight excluding hydrogens is 216 g/mol. The number of carboxylic acid groups (broad SMARTS) is 1. The summed E-state index contributed by atoms with van der Waals surface area (Å²) in [5.74, 6) is -1.26. The summed E-state index contributed by atoms with van der Waals surface area (Å²) in [7, 11) is 0. The highest BCUT2D eigenvalue weighted by molar-refractivity contribution is 8.00. The average Bonchev–Trinajstić information content (AvgIpc) is 2.18. The van der Waals surface area contributed by atoms with Gasteiger partial charge in [0.05, 0.1) is 12.1 Å². The standard InChI is InChI=1S/C9H8N2O3S/c12-7(13)4-6-8(14)11-5-2-1-3-10-9(5)15-6/h1-3,6H,4H2,(H,11,14)(H,12,13)/t6-/m1/s1. The molecule has 0 unspecified atom stereocenters. The Bertz CT molecular complexity index is 422. The summed E-state index contributed by atoms with van der Waals surface area (Å²) in [4.78, 5) is 26.0. The van der Waals surface area contributed by atoms with Gasteiger partial charge in [0, 0.05) is 6.20 Å². The number of rotatable bonds is 2. The monoisotopic (exact) mass is 224 g/mol. The van der Waals surface area contributed by atoms with Crippen LogP contribution in [-0.4, -0.2) is 27.2 Å². The van der Waals surface area contributed by atoms with E-state index in [-0.39, 0.29) is 12.3 Å². The minimum atomic E-state index is -0.984. The van der Waals surface area contributed by atoms with Gasteiger partial charge in [0.15, 0.2) is 0 Å². The van der Waals surface area contributed by atoms with Crippen molar-refractivity contribution in [1.82, 2.24) is 4.98 Å². The van der Waals surface area contributed by atoms with Crippen molar-refractivity contribution < 1.29 is 14.7 Å². The zero-order chi connectivity index (χ0) is 10.8. The Morgan fingerprint density at radius 2 is 2.47 bits per heavy atom. The first-order chi connectivity index (χ1) is 7.16. The van der Waals surface area contributed by atoms with Crippen LogP contribution in [0.3, 0.4) is 0 Å². The first-order valence-electron chi connectivity index (χ1n) is 4.31. The minimum absolute atomic E-state index is 0.188. The summed E-state index contributed by atoms with van der Waals surface area (Å²) in [5.41, 5.74) is 0.647. The van der Waals surface area contributed by atoms with Gasteiger partial charge in [0.25, 0.3) is 0 Å². The van der Waals surface area contributed by atoms with Crippen molar-refractivity contribution in [2.45, 2.75) is 16.7 Å². The molecule has 0 fully saturated rings. The number of fused-ring (bicyclic) bond motifs is 1. The van der Waals surface area contributed by atoms with Crippen LogP contribution in [0.1, 0.15) is 6.42 Å². The topological polar surface area (TPSA) is 79.3 Å². The van der Waals surface area contributed by atoms with Gasteiger partial charge in [-0.05, 0) is 12.1 Å². The van der Waals surface area contributed by atoms with Gasteiger partial charge in [-0.25, -0.2) is 4.98 Å². The van der Waals surface area contributed by atoms with Crippen LogP contribution in [0.15, 0.2) is 23.4 Å². The van der Waals surface area contributed by atoms with E-state index >= 15 is 0 Å². The van der Waals surface area contributed by atoms with Crippen LogP contribution in [0.5, 0.6) is 0 Å². The Hall–Kier alpha value is -1.56. The second-order valence-electron chi connectivity index (χ2n) is 3.05. The lowest BCUT2D eigenvalue weighted by Gasteiger charge is -2.21. The normalized spacial score (nSPS) is 19.2. The summed E-state index contributed by atoms with van der Waals surface area (Å²) in [6.07, 6.45) is 1.42. The van der Waals surface area contributed by atoms with Gasteiger partial charge in [-0.3, -0.25) is 9.59 Å². The van der Waals surface area contributed by atoms with E-state index < -0.39 is 11.2 Å². The van der Waals surface area contributed by atoms with E-state index in [4.69, 9.17) is 5.11 Å². The minimum Gasteiger partial charge on any atom is -0.481 e. The molecule has 2 heterocycles. The van der Waals surface area contributed by atoms with E-state index in [0.29, 0.717) is 10.7 Å². The first kappa shape index (κ1) is 9.97. The van der Waals surface area contributed by atoms with Gasteiger partial charge in [-0.1, -0.05) is 11.8 Å². The summed E-state index contributed by atoms with van der Waals surface area (Å²) in [6, 6.07) is 3.46. The number of pyridine rings is 1. The Morgan fingerprint density at radius 1 is 1.67 bits per heavy atom. The van der Waals surface area contributed by atoms with Gasteiger partial charge >= 0.3 is 5.97 Å². The second-order valence-corrected chi connectivity index (χ2v) is 4.24. The van der Waals surface area contributed by atoms with Crippen LogP contribution in [0, 0.1) is 0 Å². The molecule has 1 aromatic heterocycles. The molecule has 15 heavy (non-hydrogen) atoms. The van der Waals surface area contributed by atoms with Gasteiger partial charge < -0.3 is 10.4 Å². The molecule has 0 radical (unpaired) electrons. The van der Waals surface area contributed by atoms with E-state index in [2.05, 4.69) is 10.3 Å². The van der Waals surface area contributed by atoms with Crippen LogP contribution in [0.4, 0.5) is 5.69 Å². The van der Waals surface area contributed by atoms with Crippen LogP contribution in [0.2, 0.25) is 0 Å². The highest BCUT2D eigenvalue weighted by Crippen LogP contribution is 2.34. The number of carboxylic acids is 1. The molecule has 5 nitrogen and oxygen atoms in total. The lowest BCUT2D eigenvalue weighted by atomic mass is 10.2. The number of carbonyl (C=O) groups excluding carboxylic acids is 1. The van der Waals surface area contributed by atoms with E-state index in [1.54, 1.807) is 18.3 Å². The van der Waals surface area contributed by atoms with Crippen molar-refractivity contribution in [3.05, 3.63) is 18.3 Å². The van der Waals surface area contributed by atoms with Crippen LogP contribution < -0.4 is 5.32 Å². The fourth-order valence-electron chi connectivity index (χ4n) is 1.27. The number of hydrogen-bond donors (Lipinski definition) is 2. The summed E-state index contributed by atoms with van der Waals surface area (Å²) in [5, 5.41) is 11.3. The predicted molar refractivity (Wildman–Crippen MR) is 54.8 cm³/mol. The van der Waals surface area contributed by atoms with E-state index in [1.807, 2.05) is 0 Å². The van der Waals surface area contributed by atoms with Gasteiger partial charge in [0.2, 0.25) is 5.91 Å². The Balaban J connectivity index is 2.22. The molecule has 1 amide bonds. The maximum absolute atomic E-state index is 11.5. The predicted octanol–water partition coefficient (Wildman–Crippen LogP) is 0.969. The summed E-state index contributed by atoms with van der Waals surface area (Å²) in [6.45, 7) is 0. The molecule has 0 spiro atoms. The van der Waals surface area contributed by atoms with Crippen molar-refractivity contribution >= 4 is 29.3 Å².